The summed E-state index contributed by atoms with van der Waals surface area (Å²) in [5.41, 5.74) is 5.23. The number of halogens is 1. The van der Waals surface area contributed by atoms with Crippen molar-refractivity contribution in [3.8, 4) is 0 Å². The minimum absolute atomic E-state index is 0.0286. The van der Waals surface area contributed by atoms with Crippen LogP contribution in [0.2, 0.25) is 0 Å². The fraction of sp³-hybridized carbons (Fsp3) is 0.386. The molecule has 0 spiro atoms. The van der Waals surface area contributed by atoms with E-state index in [1.807, 2.05) is 37.3 Å². The number of nitrogens with one attached hydrogen (secondary N) is 4. The number of hydrogen-bond acceptors (Lipinski definition) is 9. The molecule has 1 aliphatic heterocycles. The van der Waals surface area contributed by atoms with Gasteiger partial charge in [-0.1, -0.05) is 48.9 Å². The van der Waals surface area contributed by atoms with Crippen molar-refractivity contribution in [2.45, 2.75) is 71.2 Å². The van der Waals surface area contributed by atoms with Gasteiger partial charge in [0.05, 0.1) is 17.2 Å². The van der Waals surface area contributed by atoms with Crippen molar-refractivity contribution in [2.75, 3.05) is 42.9 Å². The van der Waals surface area contributed by atoms with E-state index in [-0.39, 0.29) is 62.9 Å². The van der Waals surface area contributed by atoms with Gasteiger partial charge in [-0.15, -0.1) is 0 Å². The zero-order valence-corrected chi connectivity index (χ0v) is 34.6. The Kier molecular flexibility index (Phi) is 14.1. The van der Waals surface area contributed by atoms with E-state index in [2.05, 4.69) is 21.3 Å². The highest BCUT2D eigenvalue weighted by atomic mass is 19.1. The average molecular weight is 855 g/mol. The summed E-state index contributed by atoms with van der Waals surface area (Å²) >= 11 is 0. The molecule has 2 fully saturated rings. The lowest BCUT2D eigenvalue weighted by Gasteiger charge is -2.40. The fourth-order valence-corrected chi connectivity index (χ4v) is 7.67. The molecule has 2 unspecified atom stereocenters. The van der Waals surface area contributed by atoms with Gasteiger partial charge in [-0.2, -0.15) is 0 Å². The lowest BCUT2D eigenvalue weighted by atomic mass is 9.67. The van der Waals surface area contributed by atoms with Crippen LogP contribution in [0.5, 0.6) is 0 Å². The van der Waals surface area contributed by atoms with E-state index in [4.69, 9.17) is 10.5 Å². The molecule has 1 aromatic heterocycles. The van der Waals surface area contributed by atoms with Gasteiger partial charge in [0.25, 0.3) is 0 Å². The molecule has 1 saturated heterocycles. The van der Waals surface area contributed by atoms with Crippen LogP contribution in [0.3, 0.4) is 0 Å². The summed E-state index contributed by atoms with van der Waals surface area (Å²) in [4.78, 5) is 92.8. The molecule has 3 aromatic carbocycles. The SMILES string of the molecule is CCn1cc(C(=O)O)c(=O)c2cc(F)c(N3CCN(C(=O)OCc4ccc(NC(=O)C(CCCNC(N)=O)NC(=O)C5(C(=O)NC(C)c6ccccc6)CCC5)cc4)CC3)cc21. The highest BCUT2D eigenvalue weighted by Gasteiger charge is 2.51. The number of carboxylic acids is 1. The number of aromatic carboxylic acids is 1. The van der Waals surface area contributed by atoms with E-state index in [0.717, 1.165) is 11.6 Å². The number of urea groups is 1. The zero-order valence-electron chi connectivity index (χ0n) is 34.6. The van der Waals surface area contributed by atoms with Gasteiger partial charge >= 0.3 is 18.1 Å². The summed E-state index contributed by atoms with van der Waals surface area (Å²) < 4.78 is 22.5. The molecule has 2 atom stereocenters. The van der Waals surface area contributed by atoms with Crippen LogP contribution >= 0.6 is 0 Å². The topological polar surface area (TPSA) is 234 Å². The van der Waals surface area contributed by atoms with E-state index in [1.165, 1.54) is 17.2 Å². The maximum absolute atomic E-state index is 15.3. The Morgan fingerprint density at radius 1 is 0.935 bits per heavy atom. The number of primary amides is 1. The van der Waals surface area contributed by atoms with Crippen molar-refractivity contribution in [2.24, 2.45) is 11.1 Å². The molecular weight excluding hydrogens is 804 g/mol. The number of aromatic nitrogens is 1. The monoisotopic (exact) mass is 854 g/mol. The summed E-state index contributed by atoms with van der Waals surface area (Å²) in [7, 11) is 0. The molecule has 0 bridgehead atoms. The third-order valence-electron chi connectivity index (χ3n) is 11.5. The number of rotatable bonds is 16. The lowest BCUT2D eigenvalue weighted by Crippen LogP contribution is -2.58. The number of nitrogens with zero attached hydrogens (tertiary/aromatic N) is 3. The normalized spacial score (nSPS) is 15.4. The van der Waals surface area contributed by atoms with E-state index in [0.29, 0.717) is 49.0 Å². The first-order valence-electron chi connectivity index (χ1n) is 20.6. The van der Waals surface area contributed by atoms with Crippen molar-refractivity contribution >= 4 is 58.1 Å². The minimum atomic E-state index is -1.39. The van der Waals surface area contributed by atoms with E-state index in [9.17, 15) is 38.7 Å². The predicted octanol–water partition coefficient (Wildman–Crippen LogP) is 4.24. The maximum Gasteiger partial charge on any atom is 0.410 e. The number of carbonyl (C=O) groups is 6. The quantitative estimate of drug-likeness (QED) is 0.0693. The maximum atomic E-state index is 15.3. The number of aryl methyl sites for hydroxylation is 1. The number of amides is 6. The van der Waals surface area contributed by atoms with Gasteiger partial charge < -0.3 is 51.2 Å². The zero-order chi connectivity index (χ0) is 44.6. The van der Waals surface area contributed by atoms with Crippen molar-refractivity contribution in [3.63, 3.8) is 0 Å². The second-order valence-corrected chi connectivity index (χ2v) is 15.5. The standard InChI is InChI=1S/C44H51FN8O9/c1-3-51-25-32(39(56)57)37(54)31-23-33(45)36(24-35(31)51)52-19-21-53(22-20-52)43(61)62-26-28-12-14-30(15-13-28)49-38(55)34(11-7-18-47-42(46)60)50-41(59)44(16-8-17-44)40(58)48-27(2)29-9-5-4-6-10-29/h4-6,9-10,12-15,23-25,27,34H,3,7-8,11,16-22,26H2,1-2H3,(H,48,58)(H,49,55)(H,50,59)(H,56,57)(H3,46,47,60). The summed E-state index contributed by atoms with van der Waals surface area (Å²) in [5.74, 6) is -3.55. The van der Waals surface area contributed by atoms with Crippen molar-refractivity contribution < 1.29 is 43.0 Å². The summed E-state index contributed by atoms with van der Waals surface area (Å²) in [6.45, 7) is 5.10. The van der Waals surface area contributed by atoms with E-state index in [1.54, 1.807) is 40.7 Å². The average Bonchev–Trinajstić information content (AvgIpc) is 3.24. The number of hydrogen-bond donors (Lipinski definition) is 6. The molecular formula is C44H51FN8O9. The minimum Gasteiger partial charge on any atom is -0.477 e. The van der Waals surface area contributed by atoms with Crippen LogP contribution in [0, 0.1) is 11.2 Å². The summed E-state index contributed by atoms with van der Waals surface area (Å²) in [6.07, 6.45) is 2.48. The van der Waals surface area contributed by atoms with Gasteiger partial charge in [0.2, 0.25) is 23.2 Å². The van der Waals surface area contributed by atoms with Crippen LogP contribution in [-0.4, -0.2) is 89.2 Å². The van der Waals surface area contributed by atoms with Gasteiger partial charge in [0.1, 0.15) is 29.4 Å². The molecule has 17 nitrogen and oxygen atoms in total. The van der Waals surface area contributed by atoms with Crippen molar-refractivity contribution in [3.05, 3.63) is 106 Å². The third kappa shape index (κ3) is 10.1. The van der Waals surface area contributed by atoms with Gasteiger partial charge in [0, 0.05) is 56.5 Å². The first-order chi connectivity index (χ1) is 29.7. The number of fused-ring (bicyclic) bond motifs is 1. The van der Waals surface area contributed by atoms with Crippen molar-refractivity contribution in [1.29, 1.82) is 0 Å². The summed E-state index contributed by atoms with van der Waals surface area (Å²) in [6, 6.07) is 16.5. The first kappa shape index (κ1) is 44.6. The highest BCUT2D eigenvalue weighted by molar-refractivity contribution is 6.08. The lowest BCUT2D eigenvalue weighted by molar-refractivity contribution is -0.151. The highest BCUT2D eigenvalue weighted by Crippen LogP contribution is 2.42. The molecule has 6 amide bonds. The molecule has 7 N–H and O–H groups in total. The molecule has 6 rings (SSSR count). The van der Waals surface area contributed by atoms with Gasteiger partial charge in [-0.3, -0.25) is 19.2 Å². The van der Waals surface area contributed by atoms with Gasteiger partial charge in [0.15, 0.2) is 0 Å². The van der Waals surface area contributed by atoms with Gasteiger partial charge in [-0.05, 0) is 74.9 Å². The number of benzene rings is 3. The smallest absolute Gasteiger partial charge is 0.410 e. The summed E-state index contributed by atoms with van der Waals surface area (Å²) in [5, 5.41) is 20.4. The van der Waals surface area contributed by atoms with Crippen LogP contribution in [0.15, 0.2) is 77.7 Å². The number of carboxylic acid groups (broad SMARTS) is 1. The second kappa shape index (κ2) is 19.6. The predicted molar refractivity (Wildman–Crippen MR) is 228 cm³/mol. The third-order valence-corrected chi connectivity index (χ3v) is 11.5. The van der Waals surface area contributed by atoms with Crippen molar-refractivity contribution in [1.82, 2.24) is 25.4 Å². The Morgan fingerprint density at radius 2 is 1.61 bits per heavy atom. The van der Waals surface area contributed by atoms with Crippen LogP contribution in [-0.2, 0) is 32.3 Å². The number of anilines is 2. The molecule has 18 heteroatoms. The molecule has 1 saturated carbocycles. The number of carbonyl (C=O) groups excluding carboxylic acids is 5. The van der Waals surface area contributed by atoms with Crippen LogP contribution in [0.4, 0.5) is 25.4 Å². The Balaban J connectivity index is 1.02. The number of nitrogens with two attached hydrogens (primary N) is 1. The molecule has 2 heterocycles. The first-order valence-corrected chi connectivity index (χ1v) is 20.6. The molecule has 1 aliphatic carbocycles. The number of ether oxygens (including phenoxy) is 1. The number of piperazine rings is 1. The molecule has 328 valence electrons. The largest absolute Gasteiger partial charge is 0.477 e. The fourth-order valence-electron chi connectivity index (χ4n) is 7.67. The molecule has 62 heavy (non-hydrogen) atoms. The molecule has 4 aromatic rings. The van der Waals surface area contributed by atoms with E-state index < -0.39 is 64.1 Å². The van der Waals surface area contributed by atoms with Crippen LogP contribution < -0.4 is 37.3 Å². The van der Waals surface area contributed by atoms with Crippen LogP contribution in [0.25, 0.3) is 10.9 Å². The van der Waals surface area contributed by atoms with E-state index >= 15 is 4.39 Å². The Morgan fingerprint density at radius 3 is 2.23 bits per heavy atom. The van der Waals surface area contributed by atoms with Gasteiger partial charge in [-0.25, -0.2) is 18.8 Å². The number of pyridine rings is 1. The van der Waals surface area contributed by atoms with Crippen LogP contribution in [0.1, 0.15) is 73.5 Å². The molecule has 0 radical (unpaired) electrons. The Hall–Kier alpha value is -6.98. The Labute approximate surface area is 356 Å². The molecule has 2 aliphatic rings. The second-order valence-electron chi connectivity index (χ2n) is 15.5. The Bertz CT molecular complexity index is 2380.